The van der Waals surface area contributed by atoms with Gasteiger partial charge in [-0.05, 0) is 54.7 Å². The van der Waals surface area contributed by atoms with E-state index in [0.717, 1.165) is 46.3 Å². The van der Waals surface area contributed by atoms with Gasteiger partial charge in [0.05, 0.1) is 17.9 Å². The molecular weight excluding hydrogens is 589 g/mol. The third-order valence-electron chi connectivity index (χ3n) is 7.92. The van der Waals surface area contributed by atoms with Crippen LogP contribution in [0, 0.1) is 0 Å². The Labute approximate surface area is 257 Å². The summed E-state index contributed by atoms with van der Waals surface area (Å²) in [7, 11) is 0. The summed E-state index contributed by atoms with van der Waals surface area (Å²) in [5.41, 5.74) is 3.92. The molecule has 3 heterocycles. The van der Waals surface area contributed by atoms with Gasteiger partial charge in [0.25, 0.3) is 5.91 Å². The molecule has 45 heavy (non-hydrogen) atoms. The lowest BCUT2D eigenvalue weighted by molar-refractivity contribution is -0.148. The first kappa shape index (κ1) is 30.2. The van der Waals surface area contributed by atoms with E-state index in [2.05, 4.69) is 41.6 Å². The lowest BCUT2D eigenvalue weighted by Gasteiger charge is -2.28. The van der Waals surface area contributed by atoms with Gasteiger partial charge >= 0.3 is 12.2 Å². The van der Waals surface area contributed by atoms with Crippen molar-refractivity contribution in [2.45, 2.75) is 64.7 Å². The fourth-order valence-corrected chi connectivity index (χ4v) is 5.61. The molecule has 11 nitrogen and oxygen atoms in total. The third kappa shape index (κ3) is 6.22. The first-order chi connectivity index (χ1) is 21.4. The van der Waals surface area contributed by atoms with E-state index in [1.54, 1.807) is 16.8 Å². The van der Waals surface area contributed by atoms with Crippen LogP contribution in [0.5, 0.6) is 5.75 Å². The Hall–Kier alpha value is -4.88. The van der Waals surface area contributed by atoms with Gasteiger partial charge in [0.1, 0.15) is 11.6 Å². The molecule has 4 aromatic rings. The van der Waals surface area contributed by atoms with Gasteiger partial charge < -0.3 is 19.5 Å². The summed E-state index contributed by atoms with van der Waals surface area (Å²) in [6.07, 6.45) is -2.30. The molecule has 1 aliphatic carbocycles. The molecule has 0 saturated carbocycles. The predicted molar refractivity (Wildman–Crippen MR) is 159 cm³/mol. The zero-order chi connectivity index (χ0) is 31.9. The molecular formula is C31H33F3N8O3. The molecule has 0 bridgehead atoms. The lowest BCUT2D eigenvalue weighted by atomic mass is 9.92. The maximum Gasteiger partial charge on any atom is 0.451 e. The smallest absolute Gasteiger partial charge is 0.451 e. The number of ether oxygens (including phenoxy) is 1. The van der Waals surface area contributed by atoms with Crippen LogP contribution in [-0.2, 0) is 42.3 Å². The normalized spacial score (nSPS) is 14.6. The summed E-state index contributed by atoms with van der Waals surface area (Å²) in [4.78, 5) is 27.6. The van der Waals surface area contributed by atoms with Crippen molar-refractivity contribution in [3.8, 4) is 11.4 Å². The van der Waals surface area contributed by atoms with Gasteiger partial charge in [-0.25, -0.2) is 9.48 Å². The standard InChI is InChI=1S/C31H33F3N8O3/c1-30(2,3)24-16-25(42(39-24)19-8-5-4-6-9-19)36-29(44)35-22-12-13-23(21-11-7-10-20(21)22)45-18-27(43)40-14-15-41-26(17-40)37-38-28(41)31(32,33)34/h4-6,8-9,12-13,16H,7,10-11,14-15,17-18H2,1-3H3,(H2,35,36,44). The van der Waals surface area contributed by atoms with Gasteiger partial charge in [0.15, 0.2) is 12.4 Å². The van der Waals surface area contributed by atoms with Crippen molar-refractivity contribution in [2.24, 2.45) is 0 Å². The van der Waals surface area contributed by atoms with Crippen LogP contribution in [0.3, 0.4) is 0 Å². The number of nitrogens with one attached hydrogen (secondary N) is 2. The molecule has 0 unspecified atom stereocenters. The molecule has 2 aromatic carbocycles. The number of carbonyl (C=O) groups excluding carboxylic acids is 2. The number of rotatable bonds is 6. The van der Waals surface area contributed by atoms with Crippen molar-refractivity contribution in [1.82, 2.24) is 29.4 Å². The Balaban J connectivity index is 1.12. The fourth-order valence-electron chi connectivity index (χ4n) is 5.61. The minimum atomic E-state index is -4.61. The largest absolute Gasteiger partial charge is 0.483 e. The van der Waals surface area contributed by atoms with Gasteiger partial charge in [-0.1, -0.05) is 39.0 Å². The molecule has 1 aliphatic heterocycles. The number of hydrogen-bond acceptors (Lipinski definition) is 6. The molecule has 0 fully saturated rings. The highest BCUT2D eigenvalue weighted by Crippen LogP contribution is 2.36. The Bertz CT molecular complexity index is 1740. The number of urea groups is 1. The van der Waals surface area contributed by atoms with Crippen molar-refractivity contribution in [2.75, 3.05) is 23.8 Å². The molecule has 14 heteroatoms. The average molecular weight is 623 g/mol. The van der Waals surface area contributed by atoms with Gasteiger partial charge in [0, 0.05) is 30.3 Å². The number of carbonyl (C=O) groups is 2. The molecule has 0 radical (unpaired) electrons. The first-order valence-electron chi connectivity index (χ1n) is 14.7. The summed E-state index contributed by atoms with van der Waals surface area (Å²) in [5, 5.41) is 17.5. The number of para-hydroxylation sites is 1. The third-order valence-corrected chi connectivity index (χ3v) is 7.92. The topological polar surface area (TPSA) is 119 Å². The van der Waals surface area contributed by atoms with Crippen LogP contribution in [0.25, 0.3) is 5.69 Å². The minimum Gasteiger partial charge on any atom is -0.483 e. The summed E-state index contributed by atoms with van der Waals surface area (Å²) in [5.74, 6) is -0.272. The lowest BCUT2D eigenvalue weighted by Crippen LogP contribution is -2.41. The average Bonchev–Trinajstić information content (AvgIpc) is 3.75. The highest BCUT2D eigenvalue weighted by Gasteiger charge is 2.40. The summed E-state index contributed by atoms with van der Waals surface area (Å²) in [6.45, 7) is 5.85. The van der Waals surface area contributed by atoms with Crippen LogP contribution in [-0.4, -0.2) is 54.5 Å². The summed E-state index contributed by atoms with van der Waals surface area (Å²) < 4.78 is 48.1. The Morgan fingerprint density at radius 2 is 1.71 bits per heavy atom. The molecule has 2 N–H and O–H groups in total. The fraction of sp³-hybridized carbons (Fsp3) is 0.387. The number of hydrogen-bond donors (Lipinski definition) is 2. The number of anilines is 2. The first-order valence-corrected chi connectivity index (χ1v) is 14.7. The van der Waals surface area contributed by atoms with E-state index in [-0.39, 0.29) is 43.4 Å². The van der Waals surface area contributed by atoms with E-state index >= 15 is 0 Å². The van der Waals surface area contributed by atoms with E-state index in [4.69, 9.17) is 9.84 Å². The van der Waals surface area contributed by atoms with Crippen molar-refractivity contribution < 1.29 is 27.5 Å². The number of amides is 3. The quantitative estimate of drug-likeness (QED) is 0.300. The van der Waals surface area contributed by atoms with Crippen molar-refractivity contribution in [3.63, 3.8) is 0 Å². The molecule has 236 valence electrons. The summed E-state index contributed by atoms with van der Waals surface area (Å²) in [6, 6.07) is 14.5. The highest BCUT2D eigenvalue weighted by atomic mass is 19.4. The van der Waals surface area contributed by atoms with Crippen LogP contribution < -0.4 is 15.4 Å². The van der Waals surface area contributed by atoms with Crippen molar-refractivity contribution in [3.05, 3.63) is 77.0 Å². The predicted octanol–water partition coefficient (Wildman–Crippen LogP) is 5.33. The van der Waals surface area contributed by atoms with E-state index in [1.807, 2.05) is 36.4 Å². The Morgan fingerprint density at radius 1 is 0.956 bits per heavy atom. The molecule has 2 aliphatic rings. The second kappa shape index (κ2) is 11.6. The van der Waals surface area contributed by atoms with Crippen LogP contribution in [0.4, 0.5) is 29.5 Å². The Kier molecular flexibility index (Phi) is 7.75. The summed E-state index contributed by atoms with van der Waals surface area (Å²) >= 11 is 0. The zero-order valence-electron chi connectivity index (χ0n) is 25.1. The minimum absolute atomic E-state index is 0.0512. The number of alkyl halides is 3. The van der Waals surface area contributed by atoms with Gasteiger partial charge in [-0.3, -0.25) is 10.1 Å². The number of nitrogens with zero attached hydrogens (tertiary/aromatic N) is 6. The second-order valence-corrected chi connectivity index (χ2v) is 12.1. The molecule has 0 atom stereocenters. The highest BCUT2D eigenvalue weighted by molar-refractivity contribution is 6.00. The molecule has 0 saturated heterocycles. The number of aromatic nitrogens is 5. The molecule has 0 spiro atoms. The molecule has 2 aromatic heterocycles. The van der Waals surface area contributed by atoms with Gasteiger partial charge in [-0.2, -0.15) is 18.3 Å². The number of fused-ring (bicyclic) bond motifs is 2. The van der Waals surface area contributed by atoms with Crippen LogP contribution in [0.15, 0.2) is 48.5 Å². The van der Waals surface area contributed by atoms with E-state index in [9.17, 15) is 22.8 Å². The second-order valence-electron chi connectivity index (χ2n) is 12.1. The van der Waals surface area contributed by atoms with Crippen LogP contribution in [0.2, 0.25) is 0 Å². The van der Waals surface area contributed by atoms with E-state index in [0.29, 0.717) is 17.3 Å². The number of halogens is 3. The molecule has 3 amide bonds. The van der Waals surface area contributed by atoms with Crippen molar-refractivity contribution in [1.29, 1.82) is 0 Å². The number of benzene rings is 2. The van der Waals surface area contributed by atoms with Crippen molar-refractivity contribution >= 4 is 23.4 Å². The monoisotopic (exact) mass is 622 g/mol. The molecule has 6 rings (SSSR count). The SMILES string of the molecule is CC(C)(C)c1cc(NC(=O)Nc2ccc(OCC(=O)N3CCn4c(nnc4C(F)(F)F)C3)c3c2CCC3)n(-c2ccccc2)n1. The maximum atomic E-state index is 13.2. The zero-order valence-corrected chi connectivity index (χ0v) is 25.1. The van der Waals surface area contributed by atoms with Gasteiger partial charge in [-0.15, -0.1) is 10.2 Å². The van der Waals surface area contributed by atoms with Gasteiger partial charge in [0.2, 0.25) is 5.82 Å². The maximum absolute atomic E-state index is 13.2. The van der Waals surface area contributed by atoms with Crippen LogP contribution in [0.1, 0.15) is 55.7 Å². The Morgan fingerprint density at radius 3 is 2.44 bits per heavy atom. The van der Waals surface area contributed by atoms with E-state index in [1.165, 1.54) is 4.90 Å². The van der Waals surface area contributed by atoms with Crippen LogP contribution >= 0.6 is 0 Å². The van der Waals surface area contributed by atoms with E-state index < -0.39 is 18.0 Å².